The van der Waals surface area contributed by atoms with Crippen molar-refractivity contribution < 1.29 is 68.2 Å². The van der Waals surface area contributed by atoms with Gasteiger partial charge < -0.3 is 24.8 Å². The SMILES string of the molecule is CC(C)(C)c1[c-]c2c(cc1)-c1ccc(C(C)(C)C)cc1C2.CC(C)(C)c1[c-]c2c(cc1)-c1ccc(C(C)(C)C)cc1C2.[Cl-].[Cl-].[Ti+2].[Ti+2]. The molecule has 0 saturated heterocycles. The second-order valence-electron chi connectivity index (χ2n) is 16.6. The third-order valence-electron chi connectivity index (χ3n) is 8.93. The number of hydrogen-bond donors (Lipinski definition) is 0. The van der Waals surface area contributed by atoms with E-state index in [1.54, 1.807) is 0 Å². The fraction of sp³-hybridized carbons (Fsp3) is 0.429. The first-order valence-electron chi connectivity index (χ1n) is 15.7. The van der Waals surface area contributed by atoms with Gasteiger partial charge >= 0.3 is 43.4 Å². The molecule has 0 unspecified atom stereocenters. The van der Waals surface area contributed by atoms with Crippen molar-refractivity contribution in [3.63, 3.8) is 0 Å². The van der Waals surface area contributed by atoms with Crippen molar-refractivity contribution in [1.29, 1.82) is 0 Å². The minimum absolute atomic E-state index is 0. The third kappa shape index (κ3) is 9.11. The molecule has 0 amide bonds. The predicted octanol–water partition coefficient (Wildman–Crippen LogP) is 5.31. The average molecular weight is 722 g/mol. The molecule has 0 radical (unpaired) electrons. The summed E-state index contributed by atoms with van der Waals surface area (Å²) in [6.45, 7) is 27.2. The first-order valence-corrected chi connectivity index (χ1v) is 15.7. The predicted molar refractivity (Wildman–Crippen MR) is 182 cm³/mol. The standard InChI is InChI=1S/2C21H25.2ClH.2Ti/c2*1-20(2,3)16-7-9-18-14(12-16)11-15-13-17(21(4,5)6)8-10-19(15)18;;;;/h2*7-10,12H,11H2,1-6H3;2*1H;;/q2*-1;;;2*+2/p-2. The molecule has 2 aliphatic carbocycles. The van der Waals surface area contributed by atoms with Crippen LogP contribution in [0.3, 0.4) is 0 Å². The van der Waals surface area contributed by atoms with Crippen LogP contribution in [0.2, 0.25) is 0 Å². The molecule has 0 aliphatic heterocycles. The average Bonchev–Trinajstić information content (AvgIpc) is 3.43. The van der Waals surface area contributed by atoms with Crippen LogP contribution in [-0.2, 0) is 77.9 Å². The minimum atomic E-state index is 0. The molecule has 0 nitrogen and oxygen atoms in total. The first kappa shape index (κ1) is 42.9. The van der Waals surface area contributed by atoms with Crippen molar-refractivity contribution in [2.45, 2.75) is 118 Å². The fourth-order valence-electron chi connectivity index (χ4n) is 6.06. The van der Waals surface area contributed by atoms with E-state index in [9.17, 15) is 0 Å². The van der Waals surface area contributed by atoms with Crippen molar-refractivity contribution in [3.05, 3.63) is 117 Å². The van der Waals surface area contributed by atoms with Crippen molar-refractivity contribution in [2.75, 3.05) is 0 Å². The molecular formula is C42H50Cl2Ti2. The van der Waals surface area contributed by atoms with Crippen LogP contribution >= 0.6 is 0 Å². The Morgan fingerprint density at radius 3 is 1.00 bits per heavy atom. The molecule has 0 spiro atoms. The van der Waals surface area contributed by atoms with Crippen LogP contribution in [0.5, 0.6) is 0 Å². The molecule has 2 aliphatic rings. The Morgan fingerprint density at radius 1 is 0.413 bits per heavy atom. The van der Waals surface area contributed by atoms with E-state index >= 15 is 0 Å². The Bertz CT molecular complexity index is 1410. The molecule has 0 aromatic heterocycles. The zero-order valence-corrected chi connectivity index (χ0v) is 34.6. The summed E-state index contributed by atoms with van der Waals surface area (Å²) in [5.41, 5.74) is 17.4. The van der Waals surface area contributed by atoms with Crippen molar-refractivity contribution in [1.82, 2.24) is 0 Å². The second-order valence-corrected chi connectivity index (χ2v) is 16.6. The van der Waals surface area contributed by atoms with Crippen LogP contribution in [0, 0.1) is 12.1 Å². The van der Waals surface area contributed by atoms with Gasteiger partial charge in [0.2, 0.25) is 0 Å². The van der Waals surface area contributed by atoms with Gasteiger partial charge in [-0.05, 0) is 56.8 Å². The van der Waals surface area contributed by atoms with Crippen LogP contribution in [0.1, 0.15) is 128 Å². The largest absolute Gasteiger partial charge is 2.00 e. The summed E-state index contributed by atoms with van der Waals surface area (Å²) in [5.74, 6) is 0. The van der Waals surface area contributed by atoms with E-state index < -0.39 is 0 Å². The van der Waals surface area contributed by atoms with E-state index in [1.165, 1.54) is 66.8 Å². The molecule has 240 valence electrons. The number of hydrogen-bond acceptors (Lipinski definition) is 0. The summed E-state index contributed by atoms with van der Waals surface area (Å²) in [4.78, 5) is 0. The van der Waals surface area contributed by atoms with E-state index in [1.807, 2.05) is 0 Å². The van der Waals surface area contributed by atoms with Crippen molar-refractivity contribution in [2.24, 2.45) is 0 Å². The van der Waals surface area contributed by atoms with Crippen LogP contribution in [0.15, 0.2) is 60.7 Å². The Hall–Kier alpha value is -1.11. The van der Waals surface area contributed by atoms with Gasteiger partial charge in [0.15, 0.2) is 0 Å². The number of fused-ring (bicyclic) bond motifs is 6. The Balaban J connectivity index is 0.000000423. The number of halogens is 2. The van der Waals surface area contributed by atoms with Gasteiger partial charge in [0.1, 0.15) is 0 Å². The summed E-state index contributed by atoms with van der Waals surface area (Å²) in [5, 5.41) is 0. The maximum atomic E-state index is 3.67. The minimum Gasteiger partial charge on any atom is -1.00 e. The molecule has 0 heterocycles. The van der Waals surface area contributed by atoms with E-state index in [4.69, 9.17) is 0 Å². The first-order chi connectivity index (χ1) is 19.3. The molecule has 4 heteroatoms. The normalized spacial score (nSPS) is 12.8. The third-order valence-corrected chi connectivity index (χ3v) is 8.93. The van der Waals surface area contributed by atoms with E-state index in [0.717, 1.165) is 12.8 Å². The summed E-state index contributed by atoms with van der Waals surface area (Å²) < 4.78 is 0. The van der Waals surface area contributed by atoms with Crippen molar-refractivity contribution >= 4 is 0 Å². The van der Waals surface area contributed by atoms with E-state index in [-0.39, 0.29) is 89.9 Å². The quantitative estimate of drug-likeness (QED) is 0.148. The van der Waals surface area contributed by atoms with E-state index in [2.05, 4.69) is 156 Å². The van der Waals surface area contributed by atoms with Gasteiger partial charge in [0.25, 0.3) is 0 Å². The summed E-state index contributed by atoms with van der Waals surface area (Å²) >= 11 is 0. The van der Waals surface area contributed by atoms with Crippen LogP contribution in [0.4, 0.5) is 0 Å². The zero-order chi connectivity index (χ0) is 30.8. The van der Waals surface area contributed by atoms with Gasteiger partial charge in [-0.1, -0.05) is 131 Å². The Morgan fingerprint density at radius 2 is 0.717 bits per heavy atom. The molecule has 0 atom stereocenters. The fourth-order valence-corrected chi connectivity index (χ4v) is 6.06. The summed E-state index contributed by atoms with van der Waals surface area (Å²) in [6.07, 6.45) is 2.05. The number of rotatable bonds is 0. The van der Waals surface area contributed by atoms with Gasteiger partial charge in [-0.25, -0.2) is 0 Å². The monoisotopic (exact) mass is 720 g/mol. The van der Waals surface area contributed by atoms with Crippen molar-refractivity contribution in [3.8, 4) is 22.3 Å². The summed E-state index contributed by atoms with van der Waals surface area (Å²) in [6, 6.07) is 30.3. The summed E-state index contributed by atoms with van der Waals surface area (Å²) in [7, 11) is 0. The molecule has 4 aromatic carbocycles. The zero-order valence-electron chi connectivity index (χ0n) is 29.9. The molecule has 4 aromatic rings. The van der Waals surface area contributed by atoms with Gasteiger partial charge in [0.05, 0.1) is 0 Å². The Labute approximate surface area is 322 Å². The van der Waals surface area contributed by atoms with Gasteiger partial charge in [-0.2, -0.15) is 47.5 Å². The van der Waals surface area contributed by atoms with Crippen LogP contribution < -0.4 is 24.8 Å². The van der Waals surface area contributed by atoms with Gasteiger partial charge in [0, 0.05) is 0 Å². The smallest absolute Gasteiger partial charge is 1.00 e. The van der Waals surface area contributed by atoms with Crippen LogP contribution in [-0.4, -0.2) is 0 Å². The molecule has 0 saturated carbocycles. The Kier molecular flexibility index (Phi) is 14.2. The second kappa shape index (κ2) is 15.2. The molecule has 46 heavy (non-hydrogen) atoms. The maximum Gasteiger partial charge on any atom is 2.00 e. The van der Waals surface area contributed by atoms with E-state index in [0.29, 0.717) is 0 Å². The van der Waals surface area contributed by atoms with Gasteiger partial charge in [-0.15, -0.1) is 22.3 Å². The topological polar surface area (TPSA) is 0 Å². The maximum absolute atomic E-state index is 3.67. The molecule has 6 rings (SSSR count). The van der Waals surface area contributed by atoms with Gasteiger partial charge in [-0.3, -0.25) is 0 Å². The molecular weight excluding hydrogens is 671 g/mol. The molecule has 0 fully saturated rings. The molecule has 0 N–H and O–H groups in total. The van der Waals surface area contributed by atoms with Crippen LogP contribution in [0.25, 0.3) is 22.3 Å². The number of benzene rings is 4. The molecule has 0 bridgehead atoms.